The highest BCUT2D eigenvalue weighted by molar-refractivity contribution is 5.96. The lowest BCUT2D eigenvalue weighted by Gasteiger charge is -2.21. The van der Waals surface area contributed by atoms with Crippen molar-refractivity contribution in [3.05, 3.63) is 53.9 Å². The van der Waals surface area contributed by atoms with Gasteiger partial charge in [0.25, 0.3) is 5.91 Å². The van der Waals surface area contributed by atoms with Gasteiger partial charge in [0.1, 0.15) is 41.9 Å². The molecular formula is C21H23FN4O4. The fourth-order valence-electron chi connectivity index (χ4n) is 3.90. The van der Waals surface area contributed by atoms with Crippen molar-refractivity contribution in [2.45, 2.75) is 37.7 Å². The molecule has 0 spiro atoms. The highest BCUT2D eigenvalue weighted by Crippen LogP contribution is 2.36. The third-order valence-corrected chi connectivity index (χ3v) is 5.52. The lowest BCUT2D eigenvalue weighted by Crippen LogP contribution is -2.34. The third-order valence-electron chi connectivity index (χ3n) is 5.52. The normalized spacial score (nSPS) is 23.7. The first-order valence-corrected chi connectivity index (χ1v) is 9.60. The SMILES string of the molecule is Cc1ncnc2c1ccn2C1CC(Oc2ccc(F)cc2C(=O)N(C)C)[C@@H](O)[C@H]1O. The molecule has 1 amide bonds. The van der Waals surface area contributed by atoms with Gasteiger partial charge in [-0.2, -0.15) is 0 Å². The molecule has 30 heavy (non-hydrogen) atoms. The lowest BCUT2D eigenvalue weighted by molar-refractivity contribution is -0.0166. The number of aryl methyl sites for hydroxylation is 1. The van der Waals surface area contributed by atoms with Crippen LogP contribution in [0, 0.1) is 12.7 Å². The Balaban J connectivity index is 1.63. The highest BCUT2D eigenvalue weighted by atomic mass is 19.1. The van der Waals surface area contributed by atoms with E-state index in [1.54, 1.807) is 24.9 Å². The third kappa shape index (κ3) is 3.40. The Morgan fingerprint density at radius 1 is 1.23 bits per heavy atom. The first-order valence-electron chi connectivity index (χ1n) is 9.60. The van der Waals surface area contributed by atoms with Crippen LogP contribution in [0.1, 0.15) is 28.5 Å². The van der Waals surface area contributed by atoms with Crippen LogP contribution in [-0.4, -0.2) is 68.0 Å². The van der Waals surface area contributed by atoms with E-state index in [0.29, 0.717) is 5.65 Å². The number of fused-ring (bicyclic) bond motifs is 1. The quantitative estimate of drug-likeness (QED) is 0.674. The van der Waals surface area contributed by atoms with E-state index in [1.165, 1.54) is 23.4 Å². The van der Waals surface area contributed by atoms with E-state index in [4.69, 9.17) is 4.74 Å². The zero-order valence-electron chi connectivity index (χ0n) is 16.9. The molecule has 2 aromatic heterocycles. The van der Waals surface area contributed by atoms with Gasteiger partial charge in [0.15, 0.2) is 0 Å². The fraction of sp³-hybridized carbons (Fsp3) is 0.381. The fourth-order valence-corrected chi connectivity index (χ4v) is 3.90. The van der Waals surface area contributed by atoms with Gasteiger partial charge in [-0.15, -0.1) is 0 Å². The average Bonchev–Trinajstić information content (AvgIpc) is 3.26. The number of carbonyl (C=O) groups excluding carboxylic acids is 1. The highest BCUT2D eigenvalue weighted by Gasteiger charge is 2.44. The summed E-state index contributed by atoms with van der Waals surface area (Å²) in [5, 5.41) is 22.2. The zero-order valence-corrected chi connectivity index (χ0v) is 16.9. The van der Waals surface area contributed by atoms with Crippen molar-refractivity contribution >= 4 is 16.9 Å². The van der Waals surface area contributed by atoms with Crippen molar-refractivity contribution in [3.63, 3.8) is 0 Å². The maximum atomic E-state index is 13.7. The second-order valence-corrected chi connectivity index (χ2v) is 7.70. The molecule has 1 aromatic carbocycles. The summed E-state index contributed by atoms with van der Waals surface area (Å²) in [6.07, 6.45) is 0.454. The molecule has 0 saturated heterocycles. The van der Waals surface area contributed by atoms with Crippen LogP contribution in [-0.2, 0) is 0 Å². The molecule has 2 heterocycles. The van der Waals surface area contributed by atoms with Crippen molar-refractivity contribution in [1.29, 1.82) is 0 Å². The van der Waals surface area contributed by atoms with Gasteiger partial charge in [0.2, 0.25) is 0 Å². The molecule has 3 aromatic rings. The number of carbonyl (C=O) groups is 1. The van der Waals surface area contributed by atoms with E-state index in [1.807, 2.05) is 13.0 Å². The molecule has 1 fully saturated rings. The monoisotopic (exact) mass is 414 g/mol. The Morgan fingerprint density at radius 2 is 2.00 bits per heavy atom. The maximum absolute atomic E-state index is 13.7. The molecule has 1 saturated carbocycles. The number of aliphatic hydroxyl groups excluding tert-OH is 2. The molecule has 4 atom stereocenters. The van der Waals surface area contributed by atoms with Crippen LogP contribution in [0.5, 0.6) is 5.75 Å². The number of halogens is 1. The minimum Gasteiger partial charge on any atom is -0.487 e. The number of benzene rings is 1. The summed E-state index contributed by atoms with van der Waals surface area (Å²) < 4.78 is 21.4. The number of amides is 1. The Morgan fingerprint density at radius 3 is 2.73 bits per heavy atom. The summed E-state index contributed by atoms with van der Waals surface area (Å²) in [7, 11) is 3.12. The number of rotatable bonds is 4. The Kier molecular flexibility index (Phi) is 5.17. The van der Waals surface area contributed by atoms with Crippen molar-refractivity contribution in [3.8, 4) is 5.75 Å². The van der Waals surface area contributed by atoms with E-state index >= 15 is 0 Å². The van der Waals surface area contributed by atoms with E-state index in [9.17, 15) is 19.4 Å². The van der Waals surface area contributed by atoms with Gasteiger partial charge in [-0.3, -0.25) is 4.79 Å². The van der Waals surface area contributed by atoms with Crippen molar-refractivity contribution in [1.82, 2.24) is 19.4 Å². The van der Waals surface area contributed by atoms with Gasteiger partial charge in [-0.05, 0) is 31.2 Å². The minimum atomic E-state index is -1.19. The van der Waals surface area contributed by atoms with E-state index < -0.39 is 36.1 Å². The summed E-state index contributed by atoms with van der Waals surface area (Å²) in [6.45, 7) is 1.87. The summed E-state index contributed by atoms with van der Waals surface area (Å²) in [5.74, 6) is -0.827. The van der Waals surface area contributed by atoms with Crippen molar-refractivity contribution in [2.75, 3.05) is 14.1 Å². The first kappa shape index (κ1) is 20.2. The summed E-state index contributed by atoms with van der Waals surface area (Å²) in [6, 6.07) is 5.04. The number of aromatic nitrogens is 3. The van der Waals surface area contributed by atoms with Crippen LogP contribution < -0.4 is 4.74 Å². The first-order chi connectivity index (χ1) is 14.3. The molecule has 8 nitrogen and oxygen atoms in total. The van der Waals surface area contributed by atoms with Gasteiger partial charge in [0.05, 0.1) is 17.3 Å². The molecule has 2 unspecified atom stereocenters. The van der Waals surface area contributed by atoms with Gasteiger partial charge in [0, 0.05) is 32.1 Å². The predicted molar refractivity (Wildman–Crippen MR) is 107 cm³/mol. The molecule has 1 aliphatic rings. The molecule has 0 radical (unpaired) electrons. The summed E-state index contributed by atoms with van der Waals surface area (Å²) in [5.41, 5.74) is 1.53. The van der Waals surface area contributed by atoms with Gasteiger partial charge in [-0.25, -0.2) is 14.4 Å². The van der Waals surface area contributed by atoms with Gasteiger partial charge < -0.3 is 24.4 Å². The molecule has 2 N–H and O–H groups in total. The summed E-state index contributed by atoms with van der Waals surface area (Å²) in [4.78, 5) is 22.2. The van der Waals surface area contributed by atoms with Crippen LogP contribution in [0.25, 0.3) is 11.0 Å². The molecule has 4 rings (SSSR count). The molecule has 0 bridgehead atoms. The van der Waals surface area contributed by atoms with Crippen molar-refractivity contribution in [2.24, 2.45) is 0 Å². The molecular weight excluding hydrogens is 391 g/mol. The Bertz CT molecular complexity index is 1100. The smallest absolute Gasteiger partial charge is 0.257 e. The number of ether oxygens (including phenoxy) is 1. The van der Waals surface area contributed by atoms with Crippen LogP contribution in [0.15, 0.2) is 36.8 Å². The van der Waals surface area contributed by atoms with E-state index in [0.717, 1.165) is 17.1 Å². The van der Waals surface area contributed by atoms with Crippen LogP contribution >= 0.6 is 0 Å². The number of nitrogens with zero attached hydrogens (tertiary/aromatic N) is 4. The molecule has 9 heteroatoms. The molecule has 158 valence electrons. The van der Waals surface area contributed by atoms with E-state index in [-0.39, 0.29) is 17.7 Å². The maximum Gasteiger partial charge on any atom is 0.257 e. The largest absolute Gasteiger partial charge is 0.487 e. The van der Waals surface area contributed by atoms with E-state index in [2.05, 4.69) is 9.97 Å². The Labute approximate surface area is 172 Å². The number of hydrogen-bond donors (Lipinski definition) is 2. The Hall–Kier alpha value is -3.04. The average molecular weight is 414 g/mol. The predicted octanol–water partition coefficient (Wildman–Crippen LogP) is 1.69. The van der Waals surface area contributed by atoms with Crippen LogP contribution in [0.4, 0.5) is 4.39 Å². The number of aliphatic hydroxyl groups is 2. The second kappa shape index (κ2) is 7.66. The lowest BCUT2D eigenvalue weighted by atomic mass is 10.1. The molecule has 1 aliphatic carbocycles. The van der Waals surface area contributed by atoms with Crippen LogP contribution in [0.3, 0.4) is 0 Å². The van der Waals surface area contributed by atoms with Gasteiger partial charge in [-0.1, -0.05) is 0 Å². The molecule has 0 aliphatic heterocycles. The topological polar surface area (TPSA) is 101 Å². The van der Waals surface area contributed by atoms with Gasteiger partial charge >= 0.3 is 0 Å². The number of hydrogen-bond acceptors (Lipinski definition) is 6. The zero-order chi connectivity index (χ0) is 21.6. The second-order valence-electron chi connectivity index (χ2n) is 7.70. The standard InChI is InChI=1S/C21H23FN4O4/c1-11-13-6-7-26(20(13)24-10-23-11)15-9-17(19(28)18(15)27)30-16-5-4-12(22)8-14(16)21(29)25(2)3/h4-8,10,15,17-19,27-28H,9H2,1-3H3/t15?,17?,18-,19+/m0/s1. The van der Waals surface area contributed by atoms with Crippen molar-refractivity contribution < 1.29 is 24.1 Å². The minimum absolute atomic E-state index is 0.0555. The summed E-state index contributed by atoms with van der Waals surface area (Å²) >= 11 is 0. The van der Waals surface area contributed by atoms with Crippen LogP contribution in [0.2, 0.25) is 0 Å².